The fourth-order valence-corrected chi connectivity index (χ4v) is 7.84. The summed E-state index contributed by atoms with van der Waals surface area (Å²) in [5.74, 6) is 0. The first kappa shape index (κ1) is 28.7. The van der Waals surface area contributed by atoms with Crippen molar-refractivity contribution in [2.24, 2.45) is 0 Å². The van der Waals surface area contributed by atoms with Gasteiger partial charge in [0.05, 0.1) is 34.0 Å². The number of fused-ring (bicyclic) bond motifs is 6. The van der Waals surface area contributed by atoms with Crippen LogP contribution in [-0.4, -0.2) is 9.13 Å². The Labute approximate surface area is 285 Å². The van der Waals surface area contributed by atoms with E-state index in [1.165, 1.54) is 33.3 Å². The first-order valence-electron chi connectivity index (χ1n) is 16.7. The molecule has 5 aromatic carbocycles. The summed E-state index contributed by atoms with van der Waals surface area (Å²) in [5, 5.41) is 22.5. The second-order valence-corrected chi connectivity index (χ2v) is 12.9. The lowest BCUT2D eigenvalue weighted by Crippen LogP contribution is -2.06. The van der Waals surface area contributed by atoms with Gasteiger partial charge in [0, 0.05) is 50.0 Å². The summed E-state index contributed by atoms with van der Waals surface area (Å²) in [4.78, 5) is 0. The van der Waals surface area contributed by atoms with Crippen LogP contribution in [0, 0.1) is 41.7 Å². The lowest BCUT2D eigenvalue weighted by molar-refractivity contribution is 0.872. The van der Waals surface area contributed by atoms with Gasteiger partial charge in [0.25, 0.3) is 0 Å². The maximum absolute atomic E-state index is 10.5. The minimum Gasteiger partial charge on any atom is -0.312 e. The molecule has 0 atom stereocenters. The van der Waals surface area contributed by atoms with Crippen molar-refractivity contribution in [3.63, 3.8) is 0 Å². The topological polar surface area (TPSA) is 57.4 Å². The second kappa shape index (κ2) is 11.3. The van der Waals surface area contributed by atoms with E-state index in [4.69, 9.17) is 0 Å². The number of hydrogen-bond donors (Lipinski definition) is 0. The number of nitrogens with zero attached hydrogens (tertiary/aromatic N) is 4. The van der Waals surface area contributed by atoms with Crippen LogP contribution in [0.5, 0.6) is 0 Å². The van der Waals surface area contributed by atoms with E-state index in [9.17, 15) is 10.5 Å². The van der Waals surface area contributed by atoms with Gasteiger partial charge in [0.2, 0.25) is 0 Å². The molecule has 9 rings (SSSR count). The van der Waals surface area contributed by atoms with E-state index in [1.54, 1.807) is 0 Å². The van der Waals surface area contributed by atoms with E-state index in [0.717, 1.165) is 81.5 Å². The zero-order valence-electron chi connectivity index (χ0n) is 27.1. The SMILES string of the molecule is Cc1ccc2c(c1)c1c(n2-c2ccccc2-c2cc#cc(-c3ccc(-n4c5c(c6ccccc64)C=CCC5)c(C#N)c3)c2)CCC(C#N)=C1. The molecule has 0 fully saturated rings. The summed E-state index contributed by atoms with van der Waals surface area (Å²) in [6, 6.07) is 45.4. The fourth-order valence-electron chi connectivity index (χ4n) is 7.84. The predicted octanol–water partition coefficient (Wildman–Crippen LogP) is 10.5. The highest BCUT2D eigenvalue weighted by molar-refractivity contribution is 5.96. The van der Waals surface area contributed by atoms with Crippen molar-refractivity contribution in [3.05, 3.63) is 154 Å². The van der Waals surface area contributed by atoms with Crippen LogP contribution in [0.25, 0.3) is 67.6 Å². The quantitative estimate of drug-likeness (QED) is 0.195. The molecule has 0 radical (unpaired) electrons. The van der Waals surface area contributed by atoms with Gasteiger partial charge in [-0.2, -0.15) is 10.5 Å². The average molecular weight is 627 g/mol. The summed E-state index contributed by atoms with van der Waals surface area (Å²) in [6.07, 6.45) is 9.99. The molecular weight excluding hydrogens is 597 g/mol. The van der Waals surface area contributed by atoms with Crippen molar-refractivity contribution in [1.29, 1.82) is 10.5 Å². The molecule has 0 aliphatic heterocycles. The lowest BCUT2D eigenvalue weighted by atomic mass is 9.95. The lowest BCUT2D eigenvalue weighted by Gasteiger charge is -2.18. The molecule has 0 amide bonds. The molecule has 0 N–H and O–H groups in total. The molecule has 2 heterocycles. The van der Waals surface area contributed by atoms with Crippen LogP contribution in [0.4, 0.5) is 0 Å². The molecule has 2 aliphatic rings. The molecule has 2 aromatic heterocycles. The van der Waals surface area contributed by atoms with Gasteiger partial charge in [-0.1, -0.05) is 78.4 Å². The van der Waals surface area contributed by atoms with Crippen LogP contribution in [0.2, 0.25) is 0 Å². The Morgan fingerprint density at radius 3 is 2.41 bits per heavy atom. The minimum atomic E-state index is 0.625. The van der Waals surface area contributed by atoms with Gasteiger partial charge in [-0.05, 0) is 98.3 Å². The Morgan fingerprint density at radius 2 is 1.51 bits per heavy atom. The number of aromatic nitrogens is 2. The van der Waals surface area contributed by atoms with E-state index in [-0.39, 0.29) is 0 Å². The summed E-state index contributed by atoms with van der Waals surface area (Å²) in [5.41, 5.74) is 15.7. The smallest absolute Gasteiger partial charge is 0.101 e. The van der Waals surface area contributed by atoms with Crippen molar-refractivity contribution in [2.75, 3.05) is 0 Å². The Hall–Kier alpha value is -6.54. The molecule has 4 nitrogen and oxygen atoms in total. The number of allylic oxidation sites excluding steroid dienone is 2. The van der Waals surface area contributed by atoms with Crippen LogP contribution in [0.1, 0.15) is 46.5 Å². The molecule has 0 spiro atoms. The number of hydrogen-bond acceptors (Lipinski definition) is 2. The van der Waals surface area contributed by atoms with Crippen molar-refractivity contribution in [3.8, 4) is 45.8 Å². The Kier molecular flexibility index (Phi) is 6.62. The van der Waals surface area contributed by atoms with E-state index in [0.29, 0.717) is 5.56 Å². The van der Waals surface area contributed by atoms with E-state index >= 15 is 0 Å². The summed E-state index contributed by atoms with van der Waals surface area (Å²) in [6.45, 7) is 2.11. The summed E-state index contributed by atoms with van der Waals surface area (Å²) < 4.78 is 4.65. The molecule has 0 bridgehead atoms. The summed E-state index contributed by atoms with van der Waals surface area (Å²) >= 11 is 0. The molecular formula is C45H30N4. The van der Waals surface area contributed by atoms with Crippen LogP contribution < -0.4 is 0 Å². The Balaban J connectivity index is 1.17. The first-order chi connectivity index (χ1) is 24.1. The van der Waals surface area contributed by atoms with Crippen molar-refractivity contribution in [1.82, 2.24) is 9.13 Å². The number of aryl methyl sites for hydroxylation is 1. The van der Waals surface area contributed by atoms with Crippen LogP contribution in [0.15, 0.2) is 109 Å². The van der Waals surface area contributed by atoms with E-state index in [2.05, 4.69) is 143 Å². The Morgan fingerprint density at radius 1 is 0.694 bits per heavy atom. The maximum Gasteiger partial charge on any atom is 0.101 e. The van der Waals surface area contributed by atoms with Gasteiger partial charge in [0.1, 0.15) is 6.07 Å². The first-order valence-corrected chi connectivity index (χ1v) is 16.7. The zero-order chi connectivity index (χ0) is 33.1. The molecule has 2 aliphatic carbocycles. The van der Waals surface area contributed by atoms with Crippen molar-refractivity contribution < 1.29 is 0 Å². The van der Waals surface area contributed by atoms with Crippen molar-refractivity contribution >= 4 is 34.0 Å². The van der Waals surface area contributed by atoms with Gasteiger partial charge < -0.3 is 9.13 Å². The fraction of sp³-hybridized carbons (Fsp3) is 0.111. The molecule has 0 saturated carbocycles. The number of rotatable bonds is 4. The van der Waals surface area contributed by atoms with Gasteiger partial charge in [0.15, 0.2) is 0 Å². The number of benzene rings is 4. The van der Waals surface area contributed by atoms with E-state index < -0.39 is 0 Å². The Bertz CT molecular complexity index is 2640. The van der Waals surface area contributed by atoms with Crippen LogP contribution in [0.3, 0.4) is 0 Å². The van der Waals surface area contributed by atoms with Gasteiger partial charge in [-0.25, -0.2) is 0 Å². The minimum absolute atomic E-state index is 0.625. The standard InChI is InChI=1S/C45H30N4/c1-29-17-20-44-38(23-29)39-24-30(27-46)18-21-45(39)49(44)41-14-5-2-11-35(41)33-10-8-9-31(25-33)32-19-22-40(34(26-32)28-47)48-42-15-6-3-12-36(42)37-13-4-7-16-43(37)48/h2-6,10-15,17,19-20,22-26H,7,16,18,21H2,1H3. The average Bonchev–Trinajstić information content (AvgIpc) is 3.66. The molecule has 0 unspecified atom stereocenters. The van der Waals surface area contributed by atoms with Gasteiger partial charge in [-0.15, -0.1) is 0 Å². The van der Waals surface area contributed by atoms with Gasteiger partial charge >= 0.3 is 0 Å². The molecule has 4 heteroatoms. The monoisotopic (exact) mass is 626 g/mol. The maximum atomic E-state index is 10.5. The third-order valence-electron chi connectivity index (χ3n) is 10.1. The highest BCUT2D eigenvalue weighted by Crippen LogP contribution is 2.40. The largest absolute Gasteiger partial charge is 0.312 e. The highest BCUT2D eigenvalue weighted by atomic mass is 15.0. The second-order valence-electron chi connectivity index (χ2n) is 12.9. The summed E-state index contributed by atoms with van der Waals surface area (Å²) in [7, 11) is 0. The number of para-hydroxylation sites is 2. The highest BCUT2D eigenvalue weighted by Gasteiger charge is 2.24. The van der Waals surface area contributed by atoms with Crippen molar-refractivity contribution in [2.45, 2.75) is 32.6 Å². The molecule has 230 valence electrons. The van der Waals surface area contributed by atoms with E-state index in [1.807, 2.05) is 12.1 Å². The molecule has 7 aromatic rings. The third kappa shape index (κ3) is 4.52. The number of nitriles is 2. The zero-order valence-corrected chi connectivity index (χ0v) is 27.1. The predicted molar refractivity (Wildman–Crippen MR) is 197 cm³/mol. The molecule has 49 heavy (non-hydrogen) atoms. The molecule has 0 saturated heterocycles. The normalized spacial score (nSPS) is 13.3. The third-order valence-corrected chi connectivity index (χ3v) is 10.1. The van der Waals surface area contributed by atoms with Crippen LogP contribution in [-0.2, 0) is 12.8 Å². The van der Waals surface area contributed by atoms with Crippen LogP contribution >= 0.6 is 0 Å². The van der Waals surface area contributed by atoms with Gasteiger partial charge in [-0.3, -0.25) is 0 Å².